The zero-order valence-electron chi connectivity index (χ0n) is 85.4. The van der Waals surface area contributed by atoms with Gasteiger partial charge in [-0.2, -0.15) is 0 Å². The van der Waals surface area contributed by atoms with Gasteiger partial charge in [0, 0.05) is 53.8 Å². The van der Waals surface area contributed by atoms with Crippen molar-refractivity contribution in [1.29, 1.82) is 0 Å². The topological polar surface area (TPSA) is 192 Å². The zero-order valence-corrected chi connectivity index (χ0v) is 88.1. The van der Waals surface area contributed by atoms with Crippen molar-refractivity contribution in [3.8, 4) is 51.7 Å². The Morgan fingerprint density at radius 3 is 0.601 bits per heavy atom. The monoisotopic (exact) mass is 1910 g/mol. The van der Waals surface area contributed by atoms with E-state index in [9.17, 15) is 0 Å². The molecule has 0 saturated heterocycles. The van der Waals surface area contributed by atoms with E-state index in [2.05, 4.69) is 350 Å². The van der Waals surface area contributed by atoms with E-state index in [4.69, 9.17) is 56.9 Å². The molecule has 13 aromatic rings. The first-order valence-electron chi connectivity index (χ1n) is 47.1. The van der Waals surface area contributed by atoms with Gasteiger partial charge < -0.3 is 74.5 Å². The Kier molecular flexibility index (Phi) is 36.5. The van der Waals surface area contributed by atoms with E-state index in [1.165, 1.54) is 32.7 Å². The second-order valence-electron chi connectivity index (χ2n) is 38.9. The lowest BCUT2D eigenvalue weighted by Gasteiger charge is -2.36. The van der Waals surface area contributed by atoms with Crippen molar-refractivity contribution in [2.45, 2.75) is 140 Å². The normalized spacial score (nSPS) is 13.1. The lowest BCUT2D eigenvalue weighted by Crippen LogP contribution is -2.48. The van der Waals surface area contributed by atoms with Crippen molar-refractivity contribution >= 4 is 90.4 Å². The molecule has 21 heteroatoms. The Labute approximate surface area is 822 Å². The van der Waals surface area contributed by atoms with Crippen LogP contribution in [0.5, 0.6) is 51.7 Å². The third-order valence-corrected chi connectivity index (χ3v) is 36.8. The molecule has 0 aliphatic rings. The first kappa shape index (κ1) is 106. The molecule has 0 radical (unpaired) electrons. The Hall–Kier alpha value is -12.7. The predicted molar refractivity (Wildman–Crippen MR) is 586 cm³/mol. The van der Waals surface area contributed by atoms with E-state index in [0.717, 1.165) is 117 Å². The summed E-state index contributed by atoms with van der Waals surface area (Å²) >= 11 is 0. The maximum atomic E-state index is 5.79. The molecule has 0 spiro atoms. The molecular weight excluding hydrogens is 1770 g/mol. The van der Waals surface area contributed by atoms with Gasteiger partial charge in [0.15, 0.2) is 0 Å². The van der Waals surface area contributed by atoms with Gasteiger partial charge in [0.1, 0.15) is 51.7 Å². The molecule has 0 unspecified atom stereocenters. The van der Waals surface area contributed by atoms with Crippen LogP contribution in [-0.2, 0) is 0 Å². The third kappa shape index (κ3) is 26.2. The number of hydrogen-bond acceptors (Lipinski definition) is 18. The van der Waals surface area contributed by atoms with E-state index < -0.39 is 21.2 Å². The van der Waals surface area contributed by atoms with Gasteiger partial charge in [-0.1, -0.05) is 188 Å². The van der Waals surface area contributed by atoms with Gasteiger partial charge in [0.05, 0.1) is 152 Å². The minimum absolute atomic E-state index is 0.0219. The van der Waals surface area contributed by atoms with Crippen LogP contribution in [-0.4, -0.2) is 108 Å². The molecule has 0 aromatic heterocycles. The van der Waals surface area contributed by atoms with E-state index in [1.807, 2.05) is 109 Å². The van der Waals surface area contributed by atoms with Crippen molar-refractivity contribution in [3.05, 3.63) is 352 Å². The molecule has 13 rings (SSSR count). The molecule has 13 aromatic carbocycles. The predicted octanol–water partition coefficient (Wildman–Crippen LogP) is 23.0. The van der Waals surface area contributed by atoms with Gasteiger partial charge in [-0.15, -0.1) is 0 Å². The first-order valence-corrected chi connectivity index (χ1v) is 52.3. The Morgan fingerprint density at radius 1 is 0.239 bits per heavy atom. The number of methoxy groups -OCH3 is 9. The average molecular weight is 1920 g/mol. The quantitative estimate of drug-likeness (QED) is 0.0200. The van der Waals surface area contributed by atoms with Gasteiger partial charge in [0.25, 0.3) is 0 Å². The molecule has 0 fully saturated rings. The van der Waals surface area contributed by atoms with Crippen molar-refractivity contribution < 1.29 is 42.6 Å². The highest BCUT2D eigenvalue weighted by Gasteiger charge is 2.37. The van der Waals surface area contributed by atoms with Crippen LogP contribution in [0.15, 0.2) is 355 Å². The smallest absolute Gasteiger partial charge is 0.118 e. The van der Waals surface area contributed by atoms with Gasteiger partial charge in [-0.3, -0.25) is 14.2 Å². The van der Waals surface area contributed by atoms with Crippen molar-refractivity contribution in [1.82, 2.24) is 31.9 Å². The van der Waals surface area contributed by atoms with Crippen molar-refractivity contribution in [2.75, 3.05) is 83.6 Å². The molecule has 0 amide bonds. The summed E-state index contributed by atoms with van der Waals surface area (Å²) in [5.41, 5.74) is 2.21. The van der Waals surface area contributed by atoms with Crippen LogP contribution in [0.4, 0.5) is 0 Å². The fraction of sp³-hybridized carbons (Fsp3) is 0.316. The molecule has 0 bridgehead atoms. The zero-order chi connectivity index (χ0) is 99.8. The van der Waals surface area contributed by atoms with E-state index in [0.29, 0.717) is 19.6 Å². The lowest BCUT2D eigenvalue weighted by molar-refractivity contribution is 0.264. The van der Waals surface area contributed by atoms with Crippen LogP contribution in [0, 0.1) is 21.7 Å². The van der Waals surface area contributed by atoms with Gasteiger partial charge in [0.2, 0.25) is 0 Å². The van der Waals surface area contributed by atoms with Crippen LogP contribution in [0.3, 0.4) is 0 Å². The largest absolute Gasteiger partial charge is 0.497 e. The second-order valence-corrected chi connectivity index (χ2v) is 48.2. The SMILES string of the molecule is C=C(N[C@@H](C)C(C)(C)C)N[C@H](CN=P(c1ccc(OC)cc1)(c1ccc(OC)cc1)c1ccc(OC)cc1)C(C)(C)C.C=C(N[C@@H](C)c1cccc2ccccc12)N[C@@H](CN=P(c1ccc(OC)cc1)(c1ccc(OC)cc1)c1ccc(OC)cc1)C(C)(C)C.C=C(N[C@H](C)c1cccc2ccccc12)N[C@H](CN=P(c1ccc(OC)cc1)(c1ccc(OC)cc1)c1ccc(OC)cc1)C(C)(C)C. The van der Waals surface area contributed by atoms with Crippen LogP contribution >= 0.6 is 21.2 Å². The highest BCUT2D eigenvalue weighted by atomic mass is 31.2. The number of ether oxygens (including phenoxy) is 9. The molecular formula is C117H146N9O9P3. The van der Waals surface area contributed by atoms with Gasteiger partial charge in [-0.05, 0) is 293 Å². The highest BCUT2D eigenvalue weighted by Crippen LogP contribution is 2.52. The molecule has 0 aliphatic heterocycles. The number of rotatable bonds is 38. The Morgan fingerprint density at radius 2 is 0.420 bits per heavy atom. The van der Waals surface area contributed by atoms with Crippen LogP contribution in [0.1, 0.15) is 127 Å². The summed E-state index contributed by atoms with van der Waals surface area (Å²) < 4.78 is 67.2. The maximum absolute atomic E-state index is 5.79. The Balaban J connectivity index is 0.000000199. The number of nitrogens with zero attached hydrogens (tertiary/aromatic N) is 3. The minimum atomic E-state index is -2.55. The third-order valence-electron chi connectivity index (χ3n) is 25.7. The van der Waals surface area contributed by atoms with Crippen LogP contribution in [0.25, 0.3) is 21.5 Å². The standard InChI is InChI=1S/2C41H48N3O3P.C35H50N3O3P/c2*1-29(38-15-11-13-31-12-9-10-14-39(31)38)43-30(2)44-40(41(3,4)5)28-42-48(35-22-16-32(45-6)17-23-35,36-24-18-33(46-7)19-25-36)37-26-20-34(47-8)21-27-37;1-25(34(3,4)5)37-26(2)38-33(35(6,7)8)24-36-42(30-18-12-27(39-9)13-19-30,31-20-14-28(40-10)15-21-31)32-22-16-29(41-11)17-23-32/h2*9-27,29,40,43-44H,2,28H2,1,3-8H3;12-23,25,33,37-38H,2,24H2,1,3-11H3/t2*29-,40-;25-,33+/m100/s1. The Bertz CT molecular complexity index is 5670. The minimum Gasteiger partial charge on any atom is -0.497 e. The molecule has 6 atom stereocenters. The maximum Gasteiger partial charge on any atom is 0.118 e. The second kappa shape index (κ2) is 47.6. The van der Waals surface area contributed by atoms with Crippen LogP contribution < -0.4 is 122 Å². The van der Waals surface area contributed by atoms with Crippen LogP contribution in [0.2, 0.25) is 0 Å². The molecule has 18 nitrogen and oxygen atoms in total. The van der Waals surface area contributed by atoms with Gasteiger partial charge in [-0.25, -0.2) is 0 Å². The lowest BCUT2D eigenvalue weighted by atomic mass is 9.86. The van der Waals surface area contributed by atoms with E-state index in [-0.39, 0.29) is 57.9 Å². The summed E-state index contributed by atoms with van der Waals surface area (Å²) in [6.45, 7) is 48.3. The summed E-state index contributed by atoms with van der Waals surface area (Å²) in [7, 11) is 7.63. The number of nitrogens with one attached hydrogen (secondary N) is 6. The summed E-state index contributed by atoms with van der Waals surface area (Å²) in [6.07, 6.45) is 0. The highest BCUT2D eigenvalue weighted by molar-refractivity contribution is 7.88. The molecule has 0 heterocycles. The fourth-order valence-electron chi connectivity index (χ4n) is 16.6. The molecule has 0 saturated carbocycles. The summed E-state index contributed by atoms with van der Waals surface area (Å²) in [5, 5.41) is 37.2. The first-order chi connectivity index (χ1) is 65.9. The van der Waals surface area contributed by atoms with Crippen molar-refractivity contribution in [2.24, 2.45) is 35.9 Å². The number of fused-ring (bicyclic) bond motifs is 2. The van der Waals surface area contributed by atoms with E-state index >= 15 is 0 Å². The van der Waals surface area contributed by atoms with Gasteiger partial charge >= 0.3 is 0 Å². The summed E-state index contributed by atoms with van der Waals surface area (Å²) in [4.78, 5) is 0. The fourth-order valence-corrected chi connectivity index (χ4v) is 27.2. The van der Waals surface area contributed by atoms with Crippen molar-refractivity contribution in [3.63, 3.8) is 0 Å². The summed E-state index contributed by atoms with van der Waals surface area (Å²) in [6, 6.07) is 105. The van der Waals surface area contributed by atoms with E-state index in [1.54, 1.807) is 64.0 Å². The molecule has 728 valence electrons. The average Bonchev–Trinajstić information content (AvgIpc) is 0.755. The molecule has 138 heavy (non-hydrogen) atoms. The number of hydrogen-bond donors (Lipinski definition) is 6. The molecule has 0 aliphatic carbocycles. The number of benzene rings is 13. The molecule has 6 N–H and O–H groups in total. The summed E-state index contributed by atoms with van der Waals surface area (Å²) in [5.74, 6) is 9.61.